The molecule has 0 fully saturated rings. The quantitative estimate of drug-likeness (QED) is 0.527. The van der Waals surface area contributed by atoms with E-state index >= 15 is 0 Å². The van der Waals surface area contributed by atoms with Crippen molar-refractivity contribution in [3.05, 3.63) is 35.0 Å². The number of fused-ring (bicyclic) bond motifs is 1. The Labute approximate surface area is 138 Å². The van der Waals surface area contributed by atoms with Crippen molar-refractivity contribution in [1.29, 1.82) is 0 Å². The fourth-order valence-electron chi connectivity index (χ4n) is 2.88. The zero-order valence-electron chi connectivity index (χ0n) is 13.7. The van der Waals surface area contributed by atoms with E-state index in [-0.39, 0.29) is 5.91 Å². The molecule has 0 unspecified atom stereocenters. The lowest BCUT2D eigenvalue weighted by Gasteiger charge is -2.09. The summed E-state index contributed by atoms with van der Waals surface area (Å²) in [5.41, 5.74) is 2.09. The molecular weight excluding hydrogens is 294 g/mol. The zero-order chi connectivity index (χ0) is 15.9. The highest BCUT2D eigenvalue weighted by atomic mass is 35.5. The number of hydrogen-bond acceptors (Lipinski definition) is 1. The molecule has 0 aliphatic heterocycles. The Hall–Kier alpha value is -1.28. The van der Waals surface area contributed by atoms with Crippen LogP contribution in [0.3, 0.4) is 0 Å². The number of aryl methyl sites for hydroxylation is 1. The Bertz CT molecular complexity index is 630. The minimum atomic E-state index is 0.199. The van der Waals surface area contributed by atoms with Crippen molar-refractivity contribution in [1.82, 2.24) is 4.57 Å². The summed E-state index contributed by atoms with van der Waals surface area (Å²) in [6.45, 7) is 4.33. The molecule has 2 aromatic rings. The van der Waals surface area contributed by atoms with Gasteiger partial charge in [-0.05, 0) is 37.5 Å². The van der Waals surface area contributed by atoms with Gasteiger partial charge in [0.25, 0.3) is 0 Å². The first-order chi connectivity index (χ1) is 10.7. The number of hydrogen-bond donors (Lipinski definition) is 0. The number of carbonyl (C=O) groups excluding carboxylic acids is 1. The number of aromatic nitrogens is 1. The van der Waals surface area contributed by atoms with Gasteiger partial charge < -0.3 is 0 Å². The first kappa shape index (κ1) is 17.1. The molecule has 2 rings (SSSR count). The van der Waals surface area contributed by atoms with Crippen LogP contribution < -0.4 is 0 Å². The normalized spacial score (nSPS) is 11.2. The molecular formula is C19H26ClNO. The van der Waals surface area contributed by atoms with Crippen LogP contribution in [0.4, 0.5) is 0 Å². The van der Waals surface area contributed by atoms with Crippen molar-refractivity contribution in [3.8, 4) is 0 Å². The van der Waals surface area contributed by atoms with E-state index in [0.717, 1.165) is 42.3 Å². The predicted molar refractivity (Wildman–Crippen MR) is 94.9 cm³/mol. The van der Waals surface area contributed by atoms with Gasteiger partial charge in [0.2, 0.25) is 5.91 Å². The fourth-order valence-corrected chi connectivity index (χ4v) is 3.05. The average Bonchev–Trinajstić information content (AvgIpc) is 2.86. The second-order valence-electron chi connectivity index (χ2n) is 5.98. The van der Waals surface area contributed by atoms with Gasteiger partial charge in [0.1, 0.15) is 0 Å². The third-order valence-corrected chi connectivity index (χ3v) is 4.36. The first-order valence-corrected chi connectivity index (χ1v) is 8.88. The number of unbranched alkanes of at least 4 members (excludes halogenated alkanes) is 4. The standard InChI is InChI=1S/C19H26ClNO/c1-3-5-7-8-9-17-13-15-11-12-16(20)14-18(15)21(17)19(22)10-6-4-2/h11-14H,3-10H2,1-2H3. The summed E-state index contributed by atoms with van der Waals surface area (Å²) >= 11 is 6.13. The number of halogens is 1. The second-order valence-corrected chi connectivity index (χ2v) is 6.42. The van der Waals surface area contributed by atoms with E-state index in [1.54, 1.807) is 0 Å². The molecule has 0 saturated heterocycles. The monoisotopic (exact) mass is 319 g/mol. The first-order valence-electron chi connectivity index (χ1n) is 8.50. The molecule has 0 N–H and O–H groups in total. The molecule has 1 heterocycles. The third-order valence-electron chi connectivity index (χ3n) is 4.12. The highest BCUT2D eigenvalue weighted by Crippen LogP contribution is 2.25. The summed E-state index contributed by atoms with van der Waals surface area (Å²) in [6, 6.07) is 7.97. The van der Waals surface area contributed by atoms with Crippen LogP contribution in [0.25, 0.3) is 10.9 Å². The minimum absolute atomic E-state index is 0.199. The maximum atomic E-state index is 12.6. The molecule has 120 valence electrons. The van der Waals surface area contributed by atoms with Crippen LogP contribution in [0.2, 0.25) is 5.02 Å². The SMILES string of the molecule is CCCCCCc1cc2ccc(Cl)cc2n1C(=O)CCCC. The smallest absolute Gasteiger partial charge is 0.231 e. The van der Waals surface area contributed by atoms with Crippen LogP contribution in [0.1, 0.15) is 69.3 Å². The molecule has 0 radical (unpaired) electrons. The van der Waals surface area contributed by atoms with Crippen LogP contribution in [0.5, 0.6) is 0 Å². The molecule has 3 heteroatoms. The van der Waals surface area contributed by atoms with Gasteiger partial charge in [-0.25, -0.2) is 0 Å². The van der Waals surface area contributed by atoms with E-state index in [0.29, 0.717) is 11.4 Å². The van der Waals surface area contributed by atoms with E-state index < -0.39 is 0 Å². The van der Waals surface area contributed by atoms with Crippen molar-refractivity contribution >= 4 is 28.4 Å². The van der Waals surface area contributed by atoms with Crippen molar-refractivity contribution in [2.75, 3.05) is 0 Å². The summed E-state index contributed by atoms with van der Waals surface area (Å²) in [5, 5.41) is 1.80. The minimum Gasteiger partial charge on any atom is -0.284 e. The maximum Gasteiger partial charge on any atom is 0.231 e. The van der Waals surface area contributed by atoms with Crippen molar-refractivity contribution < 1.29 is 4.79 Å². The van der Waals surface area contributed by atoms with Crippen molar-refractivity contribution in [2.45, 2.75) is 65.2 Å². The summed E-state index contributed by atoms with van der Waals surface area (Å²) in [4.78, 5) is 12.6. The molecule has 0 atom stereocenters. The molecule has 0 amide bonds. The van der Waals surface area contributed by atoms with Crippen molar-refractivity contribution in [2.24, 2.45) is 0 Å². The molecule has 0 aliphatic carbocycles. The Kier molecular flexibility index (Phi) is 6.50. The molecule has 2 nitrogen and oxygen atoms in total. The Morgan fingerprint density at radius 3 is 2.55 bits per heavy atom. The van der Waals surface area contributed by atoms with E-state index in [1.807, 2.05) is 22.8 Å². The molecule has 0 aliphatic rings. The van der Waals surface area contributed by atoms with Crippen LogP contribution >= 0.6 is 11.6 Å². The van der Waals surface area contributed by atoms with Gasteiger partial charge in [-0.3, -0.25) is 9.36 Å². The van der Waals surface area contributed by atoms with Crippen LogP contribution in [-0.4, -0.2) is 10.5 Å². The second kappa shape index (κ2) is 8.38. The van der Waals surface area contributed by atoms with Gasteiger partial charge in [0.15, 0.2) is 0 Å². The number of rotatable bonds is 8. The van der Waals surface area contributed by atoms with Gasteiger partial charge in [-0.2, -0.15) is 0 Å². The number of carbonyl (C=O) groups is 1. The lowest BCUT2D eigenvalue weighted by Crippen LogP contribution is -2.13. The van der Waals surface area contributed by atoms with E-state index in [2.05, 4.69) is 19.9 Å². The predicted octanol–water partition coefficient (Wildman–Crippen LogP) is 6.25. The Balaban J connectivity index is 2.30. The van der Waals surface area contributed by atoms with E-state index in [9.17, 15) is 4.79 Å². The maximum absolute atomic E-state index is 12.6. The number of nitrogens with zero attached hydrogens (tertiary/aromatic N) is 1. The lowest BCUT2D eigenvalue weighted by molar-refractivity contribution is 0.0902. The molecule has 22 heavy (non-hydrogen) atoms. The highest BCUT2D eigenvalue weighted by molar-refractivity contribution is 6.31. The number of benzene rings is 1. The van der Waals surface area contributed by atoms with Gasteiger partial charge >= 0.3 is 0 Å². The Morgan fingerprint density at radius 1 is 1.05 bits per heavy atom. The van der Waals surface area contributed by atoms with Crippen LogP contribution in [-0.2, 0) is 6.42 Å². The average molecular weight is 320 g/mol. The summed E-state index contributed by atoms with van der Waals surface area (Å²) in [7, 11) is 0. The summed E-state index contributed by atoms with van der Waals surface area (Å²) in [6.07, 6.45) is 8.40. The van der Waals surface area contributed by atoms with Gasteiger partial charge in [-0.1, -0.05) is 57.2 Å². The summed E-state index contributed by atoms with van der Waals surface area (Å²) in [5.74, 6) is 0.199. The molecule has 0 bridgehead atoms. The fraction of sp³-hybridized carbons (Fsp3) is 0.526. The van der Waals surface area contributed by atoms with Crippen LogP contribution in [0.15, 0.2) is 24.3 Å². The van der Waals surface area contributed by atoms with E-state index in [1.165, 1.54) is 19.3 Å². The lowest BCUT2D eigenvalue weighted by atomic mass is 10.1. The van der Waals surface area contributed by atoms with Gasteiger partial charge in [0.05, 0.1) is 5.52 Å². The van der Waals surface area contributed by atoms with Crippen LogP contribution in [0, 0.1) is 0 Å². The Morgan fingerprint density at radius 2 is 1.82 bits per heavy atom. The van der Waals surface area contributed by atoms with Gasteiger partial charge in [0, 0.05) is 22.5 Å². The van der Waals surface area contributed by atoms with Crippen molar-refractivity contribution in [3.63, 3.8) is 0 Å². The molecule has 1 aromatic heterocycles. The molecule has 0 saturated carbocycles. The van der Waals surface area contributed by atoms with E-state index in [4.69, 9.17) is 11.6 Å². The zero-order valence-corrected chi connectivity index (χ0v) is 14.5. The molecule has 0 spiro atoms. The topological polar surface area (TPSA) is 22.0 Å². The third kappa shape index (κ3) is 4.13. The summed E-state index contributed by atoms with van der Waals surface area (Å²) < 4.78 is 1.91. The van der Waals surface area contributed by atoms with Gasteiger partial charge in [-0.15, -0.1) is 0 Å². The highest BCUT2D eigenvalue weighted by Gasteiger charge is 2.15. The molecule has 1 aromatic carbocycles. The largest absolute Gasteiger partial charge is 0.284 e.